The number of urea groups is 1. The first-order chi connectivity index (χ1) is 15.9. The Morgan fingerprint density at radius 2 is 1.88 bits per heavy atom. The number of benzene rings is 2. The van der Waals surface area contributed by atoms with Gasteiger partial charge in [0.15, 0.2) is 16.5 Å². The average molecular weight is 462 g/mol. The third kappa shape index (κ3) is 3.50. The van der Waals surface area contributed by atoms with Gasteiger partial charge in [-0.1, -0.05) is 24.3 Å². The van der Waals surface area contributed by atoms with Crippen molar-refractivity contribution in [1.29, 1.82) is 0 Å². The smallest absolute Gasteiger partial charge is 0.344 e. The maximum absolute atomic E-state index is 13.0. The molecule has 1 saturated heterocycles. The molecule has 166 valence electrons. The summed E-state index contributed by atoms with van der Waals surface area (Å²) < 4.78 is 11.8. The molecule has 1 aliphatic rings. The summed E-state index contributed by atoms with van der Waals surface area (Å²) in [5.74, 6) is -0.371. The average Bonchev–Trinajstić information content (AvgIpc) is 3.53. The van der Waals surface area contributed by atoms with Gasteiger partial charge in [-0.2, -0.15) is 5.01 Å². The van der Waals surface area contributed by atoms with Gasteiger partial charge in [-0.25, -0.2) is 15.2 Å². The Labute approximate surface area is 191 Å². The monoisotopic (exact) mass is 462 g/mol. The molecule has 3 heterocycles. The van der Waals surface area contributed by atoms with Crippen LogP contribution >= 0.6 is 11.3 Å². The van der Waals surface area contributed by atoms with Crippen molar-refractivity contribution in [3.8, 4) is 16.5 Å². The largest absolute Gasteiger partial charge is 0.497 e. The SMILES string of the molecule is COc1ccc([C@]2(C)NC(=O)N(NC(=O)c3ccc(-c4nc5ccccc5s4)o3)C2=O)cc1. The van der Waals surface area contributed by atoms with Crippen molar-refractivity contribution < 1.29 is 23.5 Å². The van der Waals surface area contributed by atoms with E-state index in [1.807, 2.05) is 24.3 Å². The van der Waals surface area contributed by atoms with Crippen LogP contribution in [0.1, 0.15) is 23.0 Å². The van der Waals surface area contributed by atoms with Crippen LogP contribution in [0, 0.1) is 0 Å². The second kappa shape index (κ2) is 7.75. The predicted molar refractivity (Wildman–Crippen MR) is 121 cm³/mol. The molecule has 0 aliphatic carbocycles. The molecular weight excluding hydrogens is 444 g/mol. The minimum absolute atomic E-state index is 0.0529. The zero-order valence-electron chi connectivity index (χ0n) is 17.6. The van der Waals surface area contributed by atoms with E-state index in [0.29, 0.717) is 27.1 Å². The van der Waals surface area contributed by atoms with E-state index in [4.69, 9.17) is 9.15 Å². The number of amides is 4. The number of hydrazine groups is 1. The van der Waals surface area contributed by atoms with Crippen molar-refractivity contribution >= 4 is 39.4 Å². The molecule has 0 saturated carbocycles. The Hall–Kier alpha value is -4.18. The Bertz CT molecular complexity index is 1360. The van der Waals surface area contributed by atoms with Crippen LogP contribution in [0.3, 0.4) is 0 Å². The van der Waals surface area contributed by atoms with Crippen LogP contribution < -0.4 is 15.5 Å². The minimum Gasteiger partial charge on any atom is -0.497 e. The summed E-state index contributed by atoms with van der Waals surface area (Å²) in [5, 5.41) is 3.91. The molecule has 0 unspecified atom stereocenters. The molecule has 10 heteroatoms. The third-order valence-corrected chi connectivity index (χ3v) is 6.46. The number of thiazole rings is 1. The molecule has 2 aromatic heterocycles. The summed E-state index contributed by atoms with van der Waals surface area (Å²) in [6.07, 6.45) is 0. The van der Waals surface area contributed by atoms with Crippen molar-refractivity contribution in [1.82, 2.24) is 20.7 Å². The van der Waals surface area contributed by atoms with E-state index in [2.05, 4.69) is 15.7 Å². The normalized spacial score (nSPS) is 17.9. The highest BCUT2D eigenvalue weighted by Crippen LogP contribution is 2.32. The maximum Gasteiger partial charge on any atom is 0.344 e. The standard InChI is InChI=1S/C23H18N4O5S/c1-23(13-7-9-14(31-2)10-8-13)21(29)27(22(30)25-23)26-19(28)16-11-12-17(32-16)20-24-15-5-3-4-6-18(15)33-20/h3-12H,1-2H3,(H,25,30)(H,26,28)/t23-/m0/s1. The van der Waals surface area contributed by atoms with Crippen molar-refractivity contribution in [2.45, 2.75) is 12.5 Å². The van der Waals surface area contributed by atoms with Crippen LogP contribution in [-0.2, 0) is 10.3 Å². The lowest BCUT2D eigenvalue weighted by Crippen LogP contribution is -2.47. The fourth-order valence-corrected chi connectivity index (χ4v) is 4.50. The predicted octanol–water partition coefficient (Wildman–Crippen LogP) is 3.68. The van der Waals surface area contributed by atoms with Crippen LogP contribution in [0.4, 0.5) is 4.79 Å². The quantitative estimate of drug-likeness (QED) is 0.438. The summed E-state index contributed by atoms with van der Waals surface area (Å²) in [4.78, 5) is 42.8. The summed E-state index contributed by atoms with van der Waals surface area (Å²) in [7, 11) is 1.54. The zero-order valence-corrected chi connectivity index (χ0v) is 18.4. The second-order valence-electron chi connectivity index (χ2n) is 7.52. The molecular formula is C23H18N4O5S. The number of furan rings is 1. The molecule has 4 aromatic rings. The van der Waals surface area contributed by atoms with Crippen LogP contribution in [0.2, 0.25) is 0 Å². The van der Waals surface area contributed by atoms with E-state index in [1.54, 1.807) is 37.3 Å². The van der Waals surface area contributed by atoms with Crippen molar-refractivity contribution in [2.75, 3.05) is 7.11 Å². The first-order valence-electron chi connectivity index (χ1n) is 9.97. The Morgan fingerprint density at radius 1 is 1.12 bits per heavy atom. The number of hydrogen-bond acceptors (Lipinski definition) is 7. The summed E-state index contributed by atoms with van der Waals surface area (Å²) in [6.45, 7) is 1.57. The number of nitrogens with one attached hydrogen (secondary N) is 2. The molecule has 33 heavy (non-hydrogen) atoms. The van der Waals surface area contributed by atoms with Gasteiger partial charge in [-0.15, -0.1) is 11.3 Å². The highest BCUT2D eigenvalue weighted by Gasteiger charge is 2.50. The van der Waals surface area contributed by atoms with Gasteiger partial charge in [0.1, 0.15) is 11.3 Å². The third-order valence-electron chi connectivity index (χ3n) is 5.41. The highest BCUT2D eigenvalue weighted by molar-refractivity contribution is 7.21. The maximum atomic E-state index is 13.0. The number of methoxy groups -OCH3 is 1. The molecule has 2 N–H and O–H groups in total. The second-order valence-corrected chi connectivity index (χ2v) is 8.55. The molecule has 1 fully saturated rings. The fourth-order valence-electron chi connectivity index (χ4n) is 3.57. The summed E-state index contributed by atoms with van der Waals surface area (Å²) in [6, 6.07) is 16.7. The van der Waals surface area contributed by atoms with Gasteiger partial charge < -0.3 is 14.5 Å². The Morgan fingerprint density at radius 3 is 2.61 bits per heavy atom. The Kier molecular flexibility index (Phi) is 4.86. The molecule has 0 spiro atoms. The van der Waals surface area contributed by atoms with Crippen LogP contribution in [-0.4, -0.2) is 34.9 Å². The molecule has 5 rings (SSSR count). The number of rotatable bonds is 5. The van der Waals surface area contributed by atoms with E-state index in [-0.39, 0.29) is 5.76 Å². The molecule has 9 nitrogen and oxygen atoms in total. The number of aromatic nitrogens is 1. The summed E-state index contributed by atoms with van der Waals surface area (Å²) in [5.41, 5.74) is 2.37. The van der Waals surface area contributed by atoms with Gasteiger partial charge in [0.05, 0.1) is 17.3 Å². The van der Waals surface area contributed by atoms with Crippen LogP contribution in [0.15, 0.2) is 65.1 Å². The molecule has 0 bridgehead atoms. The van der Waals surface area contributed by atoms with E-state index < -0.39 is 23.4 Å². The van der Waals surface area contributed by atoms with E-state index in [1.165, 1.54) is 24.5 Å². The Balaban J connectivity index is 1.34. The van der Waals surface area contributed by atoms with Gasteiger partial charge in [0.2, 0.25) is 0 Å². The lowest BCUT2D eigenvalue weighted by atomic mass is 9.92. The number of ether oxygens (including phenoxy) is 1. The first kappa shape index (κ1) is 20.7. The van der Waals surface area contributed by atoms with Crippen LogP contribution in [0.25, 0.3) is 21.0 Å². The van der Waals surface area contributed by atoms with E-state index in [0.717, 1.165) is 10.2 Å². The van der Waals surface area contributed by atoms with E-state index >= 15 is 0 Å². The first-order valence-corrected chi connectivity index (χ1v) is 10.8. The number of hydrogen-bond donors (Lipinski definition) is 2. The zero-order chi connectivity index (χ0) is 23.2. The number of fused-ring (bicyclic) bond motifs is 1. The molecule has 2 aromatic carbocycles. The lowest BCUT2D eigenvalue weighted by molar-refractivity contribution is -0.132. The topological polar surface area (TPSA) is 114 Å². The van der Waals surface area contributed by atoms with Gasteiger partial charge in [0.25, 0.3) is 5.91 Å². The molecule has 4 amide bonds. The van der Waals surface area contributed by atoms with Crippen LogP contribution in [0.5, 0.6) is 5.75 Å². The van der Waals surface area contributed by atoms with Crippen molar-refractivity contribution in [2.24, 2.45) is 0 Å². The number of carbonyl (C=O) groups is 3. The number of nitrogens with zero attached hydrogens (tertiary/aromatic N) is 2. The summed E-state index contributed by atoms with van der Waals surface area (Å²) >= 11 is 1.43. The number of para-hydroxylation sites is 1. The number of imide groups is 1. The van der Waals surface area contributed by atoms with Gasteiger partial charge in [-0.3, -0.25) is 9.59 Å². The highest BCUT2D eigenvalue weighted by atomic mass is 32.1. The number of carbonyl (C=O) groups excluding carboxylic acids is 3. The molecule has 0 radical (unpaired) electrons. The van der Waals surface area contributed by atoms with Crippen molar-refractivity contribution in [3.63, 3.8) is 0 Å². The molecule has 1 atom stereocenters. The van der Waals surface area contributed by atoms with E-state index in [9.17, 15) is 14.4 Å². The molecule has 1 aliphatic heterocycles. The fraction of sp³-hybridized carbons (Fsp3) is 0.130. The minimum atomic E-state index is -1.34. The van der Waals surface area contributed by atoms with Crippen molar-refractivity contribution in [3.05, 3.63) is 72.0 Å². The van der Waals surface area contributed by atoms with Gasteiger partial charge in [-0.05, 0) is 48.9 Å². The lowest BCUT2D eigenvalue weighted by Gasteiger charge is -2.22. The van der Waals surface area contributed by atoms with Gasteiger partial charge >= 0.3 is 11.9 Å². The van der Waals surface area contributed by atoms with Gasteiger partial charge in [0, 0.05) is 0 Å².